The number of fused-ring (bicyclic) bond motifs is 4. The summed E-state index contributed by atoms with van der Waals surface area (Å²) in [7, 11) is 1.75. The maximum Gasteiger partial charge on any atom is 0.151 e. The minimum Gasteiger partial charge on any atom is -0.496 e. The predicted octanol–water partition coefficient (Wildman–Crippen LogP) is 6.31. The Morgan fingerprint density at radius 2 is 1.97 bits per heavy atom. The van der Waals surface area contributed by atoms with Crippen molar-refractivity contribution in [3.63, 3.8) is 0 Å². The summed E-state index contributed by atoms with van der Waals surface area (Å²) in [6.07, 6.45) is 1.05. The molecule has 6 rings (SSSR count). The summed E-state index contributed by atoms with van der Waals surface area (Å²) in [5.41, 5.74) is 7.46. The molecule has 1 aliphatic heterocycles. The van der Waals surface area contributed by atoms with Crippen molar-refractivity contribution in [3.8, 4) is 5.75 Å². The zero-order valence-corrected chi connectivity index (χ0v) is 19.4. The normalized spacial score (nSPS) is 15.8. The molecular weight excluding hydrogens is 434 g/mol. The van der Waals surface area contributed by atoms with Gasteiger partial charge in [0.1, 0.15) is 5.75 Å². The van der Waals surface area contributed by atoms with Gasteiger partial charge >= 0.3 is 0 Å². The van der Waals surface area contributed by atoms with E-state index >= 15 is 0 Å². The first-order valence-corrected chi connectivity index (χ1v) is 12.6. The number of para-hydroxylation sites is 2. The number of aromatic nitrogens is 2. The number of H-pyrrole nitrogens is 1. The Bertz CT molecular complexity index is 1390. The number of aromatic amines is 1. The van der Waals surface area contributed by atoms with E-state index in [1.807, 2.05) is 6.07 Å². The van der Waals surface area contributed by atoms with Crippen LogP contribution >= 0.6 is 23.1 Å². The minimum absolute atomic E-state index is 0.156. The van der Waals surface area contributed by atoms with E-state index in [2.05, 4.69) is 71.0 Å². The average molecular weight is 458 g/mol. The van der Waals surface area contributed by atoms with Gasteiger partial charge in [0.25, 0.3) is 0 Å². The summed E-state index contributed by atoms with van der Waals surface area (Å²) in [6.45, 7) is 0.974. The molecule has 6 heteroatoms. The molecular formula is C26H23N3OS2. The van der Waals surface area contributed by atoms with Gasteiger partial charge in [-0.25, -0.2) is 4.98 Å². The fraction of sp³-hybridized carbons (Fsp3) is 0.192. The average Bonchev–Trinajstić information content (AvgIpc) is 3.43. The number of nitrogens with one attached hydrogen (secondary N) is 2. The van der Waals surface area contributed by atoms with Crippen LogP contribution in [0, 0.1) is 0 Å². The minimum atomic E-state index is 0.156. The van der Waals surface area contributed by atoms with Crippen molar-refractivity contribution in [2.45, 2.75) is 22.6 Å². The largest absolute Gasteiger partial charge is 0.496 e. The molecule has 3 aromatic carbocycles. The highest BCUT2D eigenvalue weighted by molar-refractivity contribution is 8.00. The molecule has 0 radical (unpaired) electrons. The topological polar surface area (TPSA) is 49.9 Å². The van der Waals surface area contributed by atoms with Crippen LogP contribution in [-0.2, 0) is 12.2 Å². The molecule has 2 N–H and O–H groups in total. The number of nitrogens with zero attached hydrogens (tertiary/aromatic N) is 1. The summed E-state index contributed by atoms with van der Waals surface area (Å²) >= 11 is 3.52. The van der Waals surface area contributed by atoms with Crippen molar-refractivity contribution >= 4 is 44.2 Å². The first-order valence-electron chi connectivity index (χ1n) is 10.8. The number of thioether (sulfide) groups is 1. The van der Waals surface area contributed by atoms with Crippen molar-refractivity contribution in [1.29, 1.82) is 0 Å². The molecule has 1 aliphatic rings. The third-order valence-electron chi connectivity index (χ3n) is 6.12. The second-order valence-electron chi connectivity index (χ2n) is 8.01. The first kappa shape index (κ1) is 19.9. The number of thiazole rings is 1. The molecule has 160 valence electrons. The van der Waals surface area contributed by atoms with Crippen LogP contribution in [-0.4, -0.2) is 23.6 Å². The molecule has 5 aromatic rings. The number of ether oxygens (including phenoxy) is 1. The second-order valence-corrected chi connectivity index (χ2v) is 10.3. The zero-order valence-electron chi connectivity index (χ0n) is 17.7. The first-order chi connectivity index (χ1) is 15.8. The third kappa shape index (κ3) is 3.48. The second kappa shape index (κ2) is 8.28. The Hall–Kier alpha value is -2.80. The molecule has 0 spiro atoms. The maximum absolute atomic E-state index is 5.69. The Balaban J connectivity index is 1.32. The fourth-order valence-electron chi connectivity index (χ4n) is 4.61. The summed E-state index contributed by atoms with van der Waals surface area (Å²) in [4.78, 5) is 8.45. The number of benzene rings is 3. The summed E-state index contributed by atoms with van der Waals surface area (Å²) in [6, 6.07) is 23.6. The van der Waals surface area contributed by atoms with Gasteiger partial charge in [-0.2, -0.15) is 0 Å². The van der Waals surface area contributed by atoms with Gasteiger partial charge in [-0.3, -0.25) is 0 Å². The van der Waals surface area contributed by atoms with Gasteiger partial charge in [-0.15, -0.1) is 11.3 Å². The van der Waals surface area contributed by atoms with E-state index in [1.54, 1.807) is 30.2 Å². The molecule has 0 saturated carbocycles. The van der Waals surface area contributed by atoms with Gasteiger partial charge in [-0.1, -0.05) is 48.2 Å². The molecule has 32 heavy (non-hydrogen) atoms. The van der Waals surface area contributed by atoms with Gasteiger partial charge < -0.3 is 15.0 Å². The lowest BCUT2D eigenvalue weighted by atomic mass is 9.93. The van der Waals surface area contributed by atoms with E-state index in [-0.39, 0.29) is 6.04 Å². The van der Waals surface area contributed by atoms with E-state index in [0.717, 1.165) is 34.3 Å². The van der Waals surface area contributed by atoms with Crippen LogP contribution in [0.25, 0.3) is 21.1 Å². The smallest absolute Gasteiger partial charge is 0.151 e. The van der Waals surface area contributed by atoms with Gasteiger partial charge in [0.2, 0.25) is 0 Å². The molecule has 0 unspecified atom stereocenters. The van der Waals surface area contributed by atoms with Crippen LogP contribution in [0.15, 0.2) is 71.1 Å². The molecule has 4 nitrogen and oxygen atoms in total. The Morgan fingerprint density at radius 1 is 1.09 bits per heavy atom. The number of hydrogen-bond acceptors (Lipinski definition) is 5. The fourth-order valence-corrected chi connectivity index (χ4v) is 6.65. The summed E-state index contributed by atoms with van der Waals surface area (Å²) in [5.74, 6) is 1.75. The highest BCUT2D eigenvalue weighted by atomic mass is 32.2. The van der Waals surface area contributed by atoms with E-state index in [9.17, 15) is 0 Å². The highest BCUT2D eigenvalue weighted by Gasteiger charge is 2.25. The molecule has 0 aliphatic carbocycles. The van der Waals surface area contributed by atoms with Gasteiger partial charge in [-0.05, 0) is 47.9 Å². The van der Waals surface area contributed by atoms with E-state index in [0.29, 0.717) is 0 Å². The predicted molar refractivity (Wildman–Crippen MR) is 134 cm³/mol. The molecule has 3 heterocycles. The van der Waals surface area contributed by atoms with Crippen molar-refractivity contribution in [2.75, 3.05) is 13.7 Å². The van der Waals surface area contributed by atoms with Crippen LogP contribution in [0.3, 0.4) is 0 Å². The van der Waals surface area contributed by atoms with Gasteiger partial charge in [0.15, 0.2) is 4.34 Å². The SMILES string of the molecule is COc1ccc([C@@H]2NCCc3c2[nH]c2ccccc32)cc1CSc1nc2ccccc2s1. The Kier molecular flexibility index (Phi) is 5.14. The standard InChI is InChI=1S/C26H23N3OS2/c1-30-22-11-10-16(14-17(22)15-31-26-29-21-8-4-5-9-23(21)32-26)24-25-19(12-13-27-24)18-6-2-3-7-20(18)28-25/h2-11,14,24,27-28H,12-13,15H2,1H3/t24-/m0/s1. The lowest BCUT2D eigenvalue weighted by Crippen LogP contribution is -2.30. The van der Waals surface area contributed by atoms with E-state index in [1.165, 1.54) is 38.0 Å². The van der Waals surface area contributed by atoms with Gasteiger partial charge in [0, 0.05) is 34.5 Å². The Morgan fingerprint density at radius 3 is 2.88 bits per heavy atom. The molecule has 2 aromatic heterocycles. The van der Waals surface area contributed by atoms with Crippen LogP contribution in [0.4, 0.5) is 0 Å². The third-order valence-corrected chi connectivity index (χ3v) is 8.35. The molecule has 0 saturated heterocycles. The van der Waals surface area contributed by atoms with E-state index in [4.69, 9.17) is 9.72 Å². The number of rotatable bonds is 5. The quantitative estimate of drug-likeness (QED) is 0.304. The van der Waals surface area contributed by atoms with Gasteiger partial charge in [0.05, 0.1) is 23.4 Å². The molecule has 0 bridgehead atoms. The number of methoxy groups -OCH3 is 1. The molecule has 0 fully saturated rings. The van der Waals surface area contributed by atoms with E-state index < -0.39 is 0 Å². The number of hydrogen-bond donors (Lipinski definition) is 2. The molecule has 1 atom stereocenters. The van der Waals surface area contributed by atoms with Crippen molar-refractivity contribution < 1.29 is 4.74 Å². The highest BCUT2D eigenvalue weighted by Crippen LogP contribution is 2.37. The Labute approximate surface area is 195 Å². The maximum atomic E-state index is 5.69. The lowest BCUT2D eigenvalue weighted by Gasteiger charge is -2.25. The monoisotopic (exact) mass is 457 g/mol. The van der Waals surface area contributed by atoms with Crippen LogP contribution in [0.2, 0.25) is 0 Å². The van der Waals surface area contributed by atoms with Crippen LogP contribution in [0.1, 0.15) is 28.4 Å². The molecule has 0 amide bonds. The van der Waals surface area contributed by atoms with Crippen LogP contribution < -0.4 is 10.1 Å². The van der Waals surface area contributed by atoms with Crippen molar-refractivity contribution in [1.82, 2.24) is 15.3 Å². The zero-order chi connectivity index (χ0) is 21.5. The summed E-state index contributed by atoms with van der Waals surface area (Å²) < 4.78 is 8.01. The summed E-state index contributed by atoms with van der Waals surface area (Å²) in [5, 5.41) is 5.06. The van der Waals surface area contributed by atoms with Crippen LogP contribution in [0.5, 0.6) is 5.75 Å². The lowest BCUT2D eigenvalue weighted by molar-refractivity contribution is 0.411. The van der Waals surface area contributed by atoms with Crippen molar-refractivity contribution in [3.05, 3.63) is 89.1 Å². The van der Waals surface area contributed by atoms with Crippen molar-refractivity contribution in [2.24, 2.45) is 0 Å².